The van der Waals surface area contributed by atoms with Gasteiger partial charge in [-0.3, -0.25) is 14.4 Å². The van der Waals surface area contributed by atoms with Crippen molar-refractivity contribution in [2.45, 2.75) is 13.3 Å². The molecule has 6 nitrogen and oxygen atoms in total. The predicted molar refractivity (Wildman–Crippen MR) is 104 cm³/mol. The highest BCUT2D eigenvalue weighted by Gasteiger charge is 2.35. The van der Waals surface area contributed by atoms with Gasteiger partial charge < -0.3 is 15.0 Å². The van der Waals surface area contributed by atoms with Crippen molar-refractivity contribution in [1.29, 1.82) is 0 Å². The molecule has 140 valence electrons. The lowest BCUT2D eigenvalue weighted by atomic mass is 10.1. The number of carbonyl (C=O) groups is 3. The molecule has 1 fully saturated rings. The van der Waals surface area contributed by atoms with Crippen LogP contribution in [0, 0.1) is 5.92 Å². The van der Waals surface area contributed by atoms with Crippen LogP contribution in [0.2, 0.25) is 5.02 Å². The Kier molecular flexibility index (Phi) is 5.46. The molecule has 0 aliphatic carbocycles. The monoisotopic (exact) mass is 386 g/mol. The van der Waals surface area contributed by atoms with Gasteiger partial charge in [0.1, 0.15) is 5.75 Å². The minimum atomic E-state index is -0.487. The topological polar surface area (TPSA) is 75.7 Å². The maximum atomic E-state index is 12.6. The molecule has 2 aromatic carbocycles. The molecular formula is C20H19ClN2O4. The Morgan fingerprint density at radius 1 is 1.22 bits per heavy atom. The fourth-order valence-corrected chi connectivity index (χ4v) is 3.27. The molecule has 3 rings (SSSR count). The summed E-state index contributed by atoms with van der Waals surface area (Å²) >= 11 is 6.07. The van der Waals surface area contributed by atoms with E-state index in [9.17, 15) is 14.4 Å². The standard InChI is InChI=1S/C20H19ClN2O4/c1-12(24)13-4-3-5-16(8-13)23-11-14(9-19(23)25)20(26)22-15-6-7-18(27-2)17(21)10-15/h3-8,10,14H,9,11H2,1-2H3,(H,22,26). The Bertz CT molecular complexity index is 913. The van der Waals surface area contributed by atoms with Crippen LogP contribution in [0.1, 0.15) is 23.7 Å². The number of nitrogens with zero attached hydrogens (tertiary/aromatic N) is 1. The molecule has 1 aliphatic rings. The van der Waals surface area contributed by atoms with Crippen LogP contribution < -0.4 is 15.0 Å². The molecule has 0 saturated carbocycles. The van der Waals surface area contributed by atoms with Gasteiger partial charge in [0.2, 0.25) is 11.8 Å². The van der Waals surface area contributed by atoms with Crippen LogP contribution in [0.25, 0.3) is 0 Å². The maximum Gasteiger partial charge on any atom is 0.229 e. The van der Waals surface area contributed by atoms with Gasteiger partial charge in [-0.1, -0.05) is 23.7 Å². The lowest BCUT2D eigenvalue weighted by Gasteiger charge is -2.17. The summed E-state index contributed by atoms with van der Waals surface area (Å²) in [6.45, 7) is 1.73. The number of hydrogen-bond donors (Lipinski definition) is 1. The summed E-state index contributed by atoms with van der Waals surface area (Å²) in [4.78, 5) is 38.0. The SMILES string of the molecule is COc1ccc(NC(=O)C2CC(=O)N(c3cccc(C(C)=O)c3)C2)cc1Cl. The van der Waals surface area contributed by atoms with Crippen LogP contribution in [0.4, 0.5) is 11.4 Å². The highest BCUT2D eigenvalue weighted by atomic mass is 35.5. The first-order valence-electron chi connectivity index (χ1n) is 8.45. The van der Waals surface area contributed by atoms with E-state index in [1.807, 2.05) is 0 Å². The van der Waals surface area contributed by atoms with Gasteiger partial charge in [0.25, 0.3) is 0 Å². The zero-order chi connectivity index (χ0) is 19.6. The van der Waals surface area contributed by atoms with Gasteiger partial charge in [-0.05, 0) is 37.3 Å². The predicted octanol–water partition coefficient (Wildman–Crippen LogP) is 3.54. The van der Waals surface area contributed by atoms with Crippen molar-refractivity contribution in [1.82, 2.24) is 0 Å². The minimum absolute atomic E-state index is 0.0748. The zero-order valence-corrected chi connectivity index (χ0v) is 15.7. The number of nitrogens with one attached hydrogen (secondary N) is 1. The minimum Gasteiger partial charge on any atom is -0.495 e. The normalized spacial score (nSPS) is 16.3. The average Bonchev–Trinajstić information content (AvgIpc) is 3.04. The molecule has 0 aromatic heterocycles. The van der Waals surface area contributed by atoms with Crippen molar-refractivity contribution in [3.8, 4) is 5.75 Å². The first-order chi connectivity index (χ1) is 12.9. The molecule has 0 radical (unpaired) electrons. The average molecular weight is 387 g/mol. The molecule has 27 heavy (non-hydrogen) atoms. The molecule has 1 unspecified atom stereocenters. The van der Waals surface area contributed by atoms with Crippen LogP contribution in [0.15, 0.2) is 42.5 Å². The van der Waals surface area contributed by atoms with Gasteiger partial charge in [0.15, 0.2) is 5.78 Å². The molecule has 7 heteroatoms. The summed E-state index contributed by atoms with van der Waals surface area (Å²) in [5.74, 6) is -0.450. The molecule has 0 spiro atoms. The van der Waals surface area contributed by atoms with Crippen LogP contribution in [0.5, 0.6) is 5.75 Å². The Hall–Kier alpha value is -2.86. The Morgan fingerprint density at radius 2 is 2.00 bits per heavy atom. The smallest absolute Gasteiger partial charge is 0.229 e. The number of hydrogen-bond acceptors (Lipinski definition) is 4. The molecule has 1 aliphatic heterocycles. The van der Waals surface area contributed by atoms with E-state index < -0.39 is 5.92 Å². The summed E-state index contributed by atoms with van der Waals surface area (Å²) in [7, 11) is 1.51. The lowest BCUT2D eigenvalue weighted by Crippen LogP contribution is -2.28. The number of Topliss-reactive ketones (excluding diaryl/α,β-unsaturated/α-hetero) is 1. The largest absolute Gasteiger partial charge is 0.495 e. The van der Waals surface area contributed by atoms with E-state index in [-0.39, 0.29) is 30.6 Å². The highest BCUT2D eigenvalue weighted by molar-refractivity contribution is 6.32. The number of carbonyl (C=O) groups excluding carboxylic acids is 3. The van der Waals surface area contributed by atoms with Crippen molar-refractivity contribution >= 4 is 40.6 Å². The molecule has 2 aromatic rings. The quantitative estimate of drug-likeness (QED) is 0.797. The molecule has 2 amide bonds. The number of methoxy groups -OCH3 is 1. The van der Waals surface area contributed by atoms with Crippen LogP contribution in [0.3, 0.4) is 0 Å². The van der Waals surface area contributed by atoms with Crippen molar-refractivity contribution < 1.29 is 19.1 Å². The van der Waals surface area contributed by atoms with Gasteiger partial charge in [-0.25, -0.2) is 0 Å². The number of amides is 2. The number of rotatable bonds is 5. The second-order valence-corrected chi connectivity index (χ2v) is 6.76. The van der Waals surface area contributed by atoms with Gasteiger partial charge >= 0.3 is 0 Å². The molecule has 1 N–H and O–H groups in total. The van der Waals surface area contributed by atoms with Crippen molar-refractivity contribution in [3.05, 3.63) is 53.1 Å². The molecular weight excluding hydrogens is 368 g/mol. The third kappa shape index (κ3) is 4.11. The lowest BCUT2D eigenvalue weighted by molar-refractivity contribution is -0.122. The first-order valence-corrected chi connectivity index (χ1v) is 8.82. The number of ketones is 1. The van der Waals surface area contributed by atoms with E-state index in [4.69, 9.17) is 16.3 Å². The van der Waals surface area contributed by atoms with E-state index in [2.05, 4.69) is 5.32 Å². The van der Waals surface area contributed by atoms with Crippen LogP contribution in [-0.4, -0.2) is 31.3 Å². The van der Waals surface area contributed by atoms with Gasteiger partial charge in [-0.2, -0.15) is 0 Å². The van der Waals surface area contributed by atoms with Crippen molar-refractivity contribution in [2.24, 2.45) is 5.92 Å². The number of anilines is 2. The number of ether oxygens (including phenoxy) is 1. The van der Waals surface area contributed by atoms with Crippen LogP contribution in [-0.2, 0) is 9.59 Å². The third-order valence-electron chi connectivity index (χ3n) is 4.48. The Morgan fingerprint density at radius 3 is 2.67 bits per heavy atom. The van der Waals surface area contributed by atoms with Crippen molar-refractivity contribution in [2.75, 3.05) is 23.9 Å². The fourth-order valence-electron chi connectivity index (χ4n) is 3.01. The summed E-state index contributed by atoms with van der Waals surface area (Å²) < 4.78 is 5.09. The van der Waals surface area contributed by atoms with Crippen molar-refractivity contribution in [3.63, 3.8) is 0 Å². The summed E-state index contributed by atoms with van der Waals surface area (Å²) in [5.41, 5.74) is 1.69. The Balaban J connectivity index is 1.71. The number of halogens is 1. The number of benzene rings is 2. The van der Waals surface area contributed by atoms with Gasteiger partial charge in [0.05, 0.1) is 18.1 Å². The molecule has 0 bridgehead atoms. The van der Waals surface area contributed by atoms with Gasteiger partial charge in [0, 0.05) is 29.9 Å². The third-order valence-corrected chi connectivity index (χ3v) is 4.77. The maximum absolute atomic E-state index is 12.6. The van der Waals surface area contributed by atoms with E-state index in [0.29, 0.717) is 27.7 Å². The van der Waals surface area contributed by atoms with E-state index in [1.165, 1.54) is 18.9 Å². The molecule has 1 saturated heterocycles. The molecule has 1 heterocycles. The van der Waals surface area contributed by atoms with E-state index in [0.717, 1.165) is 0 Å². The summed E-state index contributed by atoms with van der Waals surface area (Å²) in [6, 6.07) is 11.8. The van der Waals surface area contributed by atoms with E-state index in [1.54, 1.807) is 42.5 Å². The zero-order valence-electron chi connectivity index (χ0n) is 15.0. The first kappa shape index (κ1) is 18.9. The van der Waals surface area contributed by atoms with Gasteiger partial charge in [-0.15, -0.1) is 0 Å². The second-order valence-electron chi connectivity index (χ2n) is 6.35. The summed E-state index contributed by atoms with van der Waals surface area (Å²) in [6.07, 6.45) is 0.111. The summed E-state index contributed by atoms with van der Waals surface area (Å²) in [5, 5.41) is 3.18. The Labute approximate surface area is 162 Å². The molecule has 1 atom stereocenters. The fraction of sp³-hybridized carbons (Fsp3) is 0.250. The highest BCUT2D eigenvalue weighted by Crippen LogP contribution is 2.29. The van der Waals surface area contributed by atoms with E-state index >= 15 is 0 Å². The second kappa shape index (κ2) is 7.80. The van der Waals surface area contributed by atoms with Crippen LogP contribution >= 0.6 is 11.6 Å².